The molecule has 2 heterocycles. The first-order chi connectivity index (χ1) is 9.55. The Labute approximate surface area is 124 Å². The van der Waals surface area contributed by atoms with E-state index in [9.17, 15) is 8.42 Å². The summed E-state index contributed by atoms with van der Waals surface area (Å²) < 4.78 is 27.1. The van der Waals surface area contributed by atoms with E-state index >= 15 is 0 Å². The molecule has 110 valence electrons. The van der Waals surface area contributed by atoms with Crippen molar-refractivity contribution in [2.75, 3.05) is 26.2 Å². The van der Waals surface area contributed by atoms with Gasteiger partial charge in [-0.15, -0.1) is 11.3 Å². The third kappa shape index (κ3) is 3.79. The maximum atomic E-state index is 12.1. The van der Waals surface area contributed by atoms with Gasteiger partial charge < -0.3 is 4.90 Å². The number of nitrogens with one attached hydrogen (secondary N) is 1. The Kier molecular flexibility index (Phi) is 5.16. The zero-order valence-corrected chi connectivity index (χ0v) is 13.1. The van der Waals surface area contributed by atoms with Crippen LogP contribution in [0.3, 0.4) is 0 Å². The van der Waals surface area contributed by atoms with E-state index in [1.54, 1.807) is 6.07 Å². The molecule has 2 rings (SSSR count). The number of likely N-dealkylation sites (tertiary alicyclic amines) is 1. The van der Waals surface area contributed by atoms with Crippen molar-refractivity contribution >= 4 is 21.4 Å². The zero-order chi connectivity index (χ0) is 14.6. The Morgan fingerprint density at radius 2 is 2.15 bits per heavy atom. The van der Waals surface area contributed by atoms with E-state index < -0.39 is 10.0 Å². The largest absolute Gasteiger partial charge is 0.304 e. The number of hydrogen-bond donors (Lipinski definition) is 1. The highest BCUT2D eigenvalue weighted by Crippen LogP contribution is 2.22. The molecular formula is C13H19N3O2S2. The van der Waals surface area contributed by atoms with Crippen LogP contribution in [-0.4, -0.2) is 39.5 Å². The van der Waals surface area contributed by atoms with Crippen molar-refractivity contribution < 1.29 is 8.42 Å². The molecule has 1 N–H and O–H groups in total. The van der Waals surface area contributed by atoms with Crippen molar-refractivity contribution in [3.8, 4) is 6.07 Å². The minimum absolute atomic E-state index is 0.222. The van der Waals surface area contributed by atoms with Crippen LogP contribution >= 0.6 is 11.3 Å². The van der Waals surface area contributed by atoms with Crippen LogP contribution in [0.4, 0.5) is 0 Å². The molecule has 1 aromatic rings. The topological polar surface area (TPSA) is 73.2 Å². The van der Waals surface area contributed by atoms with E-state index in [1.807, 2.05) is 6.07 Å². The highest BCUT2D eigenvalue weighted by molar-refractivity contribution is 7.91. The van der Waals surface area contributed by atoms with E-state index in [1.165, 1.54) is 6.07 Å². The van der Waals surface area contributed by atoms with Gasteiger partial charge in [0.05, 0.1) is 0 Å². The number of hydrogen-bond acceptors (Lipinski definition) is 5. The van der Waals surface area contributed by atoms with Gasteiger partial charge in [0.2, 0.25) is 10.0 Å². The van der Waals surface area contributed by atoms with Crippen LogP contribution in [0.1, 0.15) is 24.6 Å². The zero-order valence-electron chi connectivity index (χ0n) is 11.5. The summed E-state index contributed by atoms with van der Waals surface area (Å²) in [4.78, 5) is 2.80. The second-order valence-electron chi connectivity index (χ2n) is 4.96. The molecule has 1 aliphatic rings. The highest BCUT2D eigenvalue weighted by atomic mass is 32.2. The summed E-state index contributed by atoms with van der Waals surface area (Å²) in [6.45, 7) is 5.78. The minimum Gasteiger partial charge on any atom is -0.304 e. The average Bonchev–Trinajstić information content (AvgIpc) is 2.95. The molecule has 0 radical (unpaired) electrons. The molecule has 7 heteroatoms. The van der Waals surface area contributed by atoms with E-state index in [-0.39, 0.29) is 4.21 Å². The molecule has 0 amide bonds. The maximum Gasteiger partial charge on any atom is 0.250 e. The van der Waals surface area contributed by atoms with E-state index in [4.69, 9.17) is 5.26 Å². The molecule has 0 spiro atoms. The summed E-state index contributed by atoms with van der Waals surface area (Å²) in [5.74, 6) is 0.406. The normalized spacial score (nSPS) is 18.0. The summed E-state index contributed by atoms with van der Waals surface area (Å²) in [5.41, 5.74) is 0. The van der Waals surface area contributed by atoms with Crippen molar-refractivity contribution in [1.82, 2.24) is 9.62 Å². The SMILES string of the molecule is CCN1CCC(CNS(=O)(=O)c2ccc(C#N)s2)CC1. The second kappa shape index (κ2) is 6.68. The monoisotopic (exact) mass is 313 g/mol. The van der Waals surface area contributed by atoms with E-state index in [2.05, 4.69) is 16.5 Å². The molecule has 1 aliphatic heterocycles. The first-order valence-electron chi connectivity index (χ1n) is 6.77. The molecule has 0 atom stereocenters. The molecule has 1 fully saturated rings. The predicted octanol–water partition coefficient (Wildman–Crippen LogP) is 1.63. The lowest BCUT2D eigenvalue weighted by molar-refractivity contribution is 0.194. The summed E-state index contributed by atoms with van der Waals surface area (Å²) in [5, 5.41) is 8.74. The van der Waals surface area contributed by atoms with E-state index in [0.717, 1.165) is 43.8 Å². The van der Waals surface area contributed by atoms with Gasteiger partial charge in [0.15, 0.2) is 0 Å². The molecular weight excluding hydrogens is 294 g/mol. The number of nitriles is 1. The van der Waals surface area contributed by atoms with Gasteiger partial charge in [-0.3, -0.25) is 0 Å². The first-order valence-corrected chi connectivity index (χ1v) is 9.07. The molecule has 0 unspecified atom stereocenters. The van der Waals surface area contributed by atoms with Gasteiger partial charge in [-0.1, -0.05) is 6.92 Å². The minimum atomic E-state index is -3.46. The number of nitrogens with zero attached hydrogens (tertiary/aromatic N) is 2. The van der Waals surface area contributed by atoms with Gasteiger partial charge in [0.1, 0.15) is 15.2 Å². The van der Waals surface area contributed by atoms with Gasteiger partial charge in [-0.05, 0) is 50.5 Å². The molecule has 0 bridgehead atoms. The van der Waals surface area contributed by atoms with Crippen LogP contribution in [0, 0.1) is 17.2 Å². The van der Waals surface area contributed by atoms with Gasteiger partial charge >= 0.3 is 0 Å². The number of piperidine rings is 1. The first kappa shape index (κ1) is 15.4. The number of sulfonamides is 1. The summed E-state index contributed by atoms with van der Waals surface area (Å²) in [6.07, 6.45) is 2.06. The second-order valence-corrected chi connectivity index (χ2v) is 8.04. The van der Waals surface area contributed by atoms with Gasteiger partial charge in [-0.2, -0.15) is 5.26 Å². The molecule has 1 saturated heterocycles. The molecule has 1 aromatic heterocycles. The Balaban J connectivity index is 1.89. The van der Waals surface area contributed by atoms with Gasteiger partial charge in [0.25, 0.3) is 0 Å². The Hall–Kier alpha value is -0.940. The van der Waals surface area contributed by atoms with Crippen LogP contribution in [0.5, 0.6) is 0 Å². The van der Waals surface area contributed by atoms with Gasteiger partial charge in [-0.25, -0.2) is 13.1 Å². The molecule has 0 aliphatic carbocycles. The van der Waals surface area contributed by atoms with Crippen LogP contribution < -0.4 is 4.72 Å². The lowest BCUT2D eigenvalue weighted by Gasteiger charge is -2.30. The molecule has 20 heavy (non-hydrogen) atoms. The summed E-state index contributed by atoms with van der Waals surface area (Å²) in [6, 6.07) is 4.99. The summed E-state index contributed by atoms with van der Waals surface area (Å²) >= 11 is 1.01. The Morgan fingerprint density at radius 1 is 1.45 bits per heavy atom. The van der Waals surface area contributed by atoms with Crippen LogP contribution in [-0.2, 0) is 10.0 Å². The van der Waals surface area contributed by atoms with Crippen molar-refractivity contribution in [3.05, 3.63) is 17.0 Å². The Morgan fingerprint density at radius 3 is 2.70 bits per heavy atom. The van der Waals surface area contributed by atoms with Crippen molar-refractivity contribution in [2.24, 2.45) is 5.92 Å². The van der Waals surface area contributed by atoms with E-state index in [0.29, 0.717) is 17.3 Å². The number of rotatable bonds is 5. The maximum absolute atomic E-state index is 12.1. The fraction of sp³-hybridized carbons (Fsp3) is 0.615. The lowest BCUT2D eigenvalue weighted by atomic mass is 9.97. The third-order valence-corrected chi connectivity index (χ3v) is 6.58. The molecule has 5 nitrogen and oxygen atoms in total. The Bertz CT molecular complexity index is 581. The fourth-order valence-electron chi connectivity index (χ4n) is 2.33. The predicted molar refractivity (Wildman–Crippen MR) is 79.1 cm³/mol. The quantitative estimate of drug-likeness (QED) is 0.896. The van der Waals surface area contributed by atoms with Crippen LogP contribution in [0.25, 0.3) is 0 Å². The highest BCUT2D eigenvalue weighted by Gasteiger charge is 2.22. The van der Waals surface area contributed by atoms with Crippen molar-refractivity contribution in [3.63, 3.8) is 0 Å². The van der Waals surface area contributed by atoms with Crippen LogP contribution in [0.2, 0.25) is 0 Å². The number of thiophene rings is 1. The molecule has 0 aromatic carbocycles. The summed E-state index contributed by atoms with van der Waals surface area (Å²) in [7, 11) is -3.46. The third-order valence-electron chi connectivity index (χ3n) is 3.67. The smallest absolute Gasteiger partial charge is 0.250 e. The van der Waals surface area contributed by atoms with Crippen LogP contribution in [0.15, 0.2) is 16.3 Å². The standard InChI is InChI=1S/C13H19N3O2S2/c1-2-16-7-5-11(6-8-16)10-15-20(17,18)13-4-3-12(9-14)19-13/h3-4,11,15H,2,5-8,10H2,1H3. The molecule has 0 saturated carbocycles. The van der Waals surface area contributed by atoms with Crippen molar-refractivity contribution in [1.29, 1.82) is 5.26 Å². The average molecular weight is 313 g/mol. The fourth-order valence-corrected chi connectivity index (χ4v) is 4.59. The van der Waals surface area contributed by atoms with Crippen molar-refractivity contribution in [2.45, 2.75) is 24.0 Å². The lowest BCUT2D eigenvalue weighted by Crippen LogP contribution is -2.38. The van der Waals surface area contributed by atoms with Gasteiger partial charge in [0, 0.05) is 6.54 Å².